The van der Waals surface area contributed by atoms with Gasteiger partial charge in [0.15, 0.2) is 0 Å². The zero-order chi connectivity index (χ0) is 16.1. The van der Waals surface area contributed by atoms with E-state index in [0.717, 1.165) is 5.56 Å². The first-order valence-electron chi connectivity index (χ1n) is 7.71. The third kappa shape index (κ3) is 4.27. The summed E-state index contributed by atoms with van der Waals surface area (Å²) in [7, 11) is 0. The van der Waals surface area contributed by atoms with E-state index >= 15 is 0 Å². The maximum Gasteiger partial charge on any atom is 0.243 e. The van der Waals surface area contributed by atoms with E-state index < -0.39 is 6.04 Å². The van der Waals surface area contributed by atoms with Gasteiger partial charge >= 0.3 is 0 Å². The van der Waals surface area contributed by atoms with E-state index in [4.69, 9.17) is 5.73 Å². The Morgan fingerprint density at radius 1 is 1.50 bits per heavy atom. The van der Waals surface area contributed by atoms with Crippen LogP contribution in [-0.4, -0.2) is 46.4 Å². The average molecular weight is 304 g/mol. The van der Waals surface area contributed by atoms with E-state index in [-0.39, 0.29) is 23.9 Å². The van der Waals surface area contributed by atoms with Gasteiger partial charge in [-0.25, -0.2) is 0 Å². The molecule has 2 heterocycles. The second kappa shape index (κ2) is 7.35. The van der Waals surface area contributed by atoms with E-state index in [1.807, 2.05) is 26.0 Å². The van der Waals surface area contributed by atoms with Crippen molar-refractivity contribution in [1.29, 1.82) is 0 Å². The van der Waals surface area contributed by atoms with Gasteiger partial charge in [-0.15, -0.1) is 0 Å². The van der Waals surface area contributed by atoms with Gasteiger partial charge in [-0.2, -0.15) is 0 Å². The van der Waals surface area contributed by atoms with Gasteiger partial charge in [-0.3, -0.25) is 14.6 Å². The molecule has 3 N–H and O–H groups in total. The fourth-order valence-electron chi connectivity index (χ4n) is 2.71. The number of aryl methyl sites for hydroxylation is 1. The number of nitrogens with two attached hydrogens (primary N) is 1. The highest BCUT2D eigenvalue weighted by atomic mass is 16.2. The molecule has 0 aromatic carbocycles. The molecule has 1 aliphatic rings. The van der Waals surface area contributed by atoms with Gasteiger partial charge in [-0.05, 0) is 38.3 Å². The lowest BCUT2D eigenvalue weighted by atomic mass is 10.1. The summed E-state index contributed by atoms with van der Waals surface area (Å²) in [6.45, 7) is 4.25. The quantitative estimate of drug-likeness (QED) is 0.827. The van der Waals surface area contributed by atoms with Gasteiger partial charge in [0, 0.05) is 37.4 Å². The standard InChI is InChI=1S/C16H24N4O2/c1-11(2)19-16(22)14-8-13(17)10-20(14)15(21)6-5-12-4-3-7-18-9-12/h3-4,7,9,11,13-14H,5-6,8,10,17H2,1-2H3,(H,19,22)/t13-,14+/m1/s1. The number of nitrogens with zero attached hydrogens (tertiary/aromatic N) is 2. The minimum absolute atomic E-state index is 0.0271. The molecule has 120 valence electrons. The lowest BCUT2D eigenvalue weighted by Crippen LogP contribution is -2.47. The van der Waals surface area contributed by atoms with Crippen LogP contribution < -0.4 is 11.1 Å². The summed E-state index contributed by atoms with van der Waals surface area (Å²) in [5, 5.41) is 2.87. The van der Waals surface area contributed by atoms with Gasteiger partial charge in [0.1, 0.15) is 6.04 Å². The average Bonchev–Trinajstić information content (AvgIpc) is 2.87. The van der Waals surface area contributed by atoms with Crippen LogP contribution in [0, 0.1) is 0 Å². The number of nitrogens with one attached hydrogen (secondary N) is 1. The molecule has 0 bridgehead atoms. The van der Waals surface area contributed by atoms with Crippen molar-refractivity contribution in [3.63, 3.8) is 0 Å². The normalized spacial score (nSPS) is 21.2. The predicted molar refractivity (Wildman–Crippen MR) is 83.9 cm³/mol. The smallest absolute Gasteiger partial charge is 0.243 e. The number of likely N-dealkylation sites (tertiary alicyclic amines) is 1. The first-order valence-corrected chi connectivity index (χ1v) is 7.71. The highest BCUT2D eigenvalue weighted by Crippen LogP contribution is 2.19. The Labute approximate surface area is 131 Å². The number of pyridine rings is 1. The van der Waals surface area contributed by atoms with Crippen molar-refractivity contribution in [2.24, 2.45) is 5.73 Å². The summed E-state index contributed by atoms with van der Waals surface area (Å²) in [6.07, 6.45) is 4.97. The monoisotopic (exact) mass is 304 g/mol. The molecule has 2 atom stereocenters. The molecule has 1 aromatic rings. The van der Waals surface area contributed by atoms with Gasteiger partial charge in [0.05, 0.1) is 0 Å². The van der Waals surface area contributed by atoms with Crippen LogP contribution in [0.4, 0.5) is 0 Å². The minimum Gasteiger partial charge on any atom is -0.352 e. The van der Waals surface area contributed by atoms with Gasteiger partial charge < -0.3 is 16.0 Å². The van der Waals surface area contributed by atoms with Crippen LogP contribution in [0.3, 0.4) is 0 Å². The number of carbonyl (C=O) groups is 2. The Morgan fingerprint density at radius 3 is 2.91 bits per heavy atom. The molecule has 1 aliphatic heterocycles. The maximum absolute atomic E-state index is 12.4. The lowest BCUT2D eigenvalue weighted by molar-refractivity contribution is -0.138. The van der Waals surface area contributed by atoms with Crippen molar-refractivity contribution in [3.8, 4) is 0 Å². The second-order valence-corrected chi connectivity index (χ2v) is 6.08. The number of hydrogen-bond acceptors (Lipinski definition) is 4. The highest BCUT2D eigenvalue weighted by molar-refractivity contribution is 5.88. The molecular weight excluding hydrogens is 280 g/mol. The molecule has 0 spiro atoms. The molecule has 2 rings (SSSR count). The molecule has 6 heteroatoms. The SMILES string of the molecule is CC(C)NC(=O)[C@@H]1C[C@@H](N)CN1C(=O)CCc1cccnc1. The van der Waals surface area contributed by atoms with E-state index in [1.165, 1.54) is 0 Å². The topological polar surface area (TPSA) is 88.3 Å². The number of hydrogen-bond donors (Lipinski definition) is 2. The van der Waals surface area contributed by atoms with Crippen LogP contribution in [-0.2, 0) is 16.0 Å². The number of aromatic nitrogens is 1. The molecule has 1 fully saturated rings. The summed E-state index contributed by atoms with van der Waals surface area (Å²) in [5.41, 5.74) is 6.96. The summed E-state index contributed by atoms with van der Waals surface area (Å²) < 4.78 is 0. The third-order valence-corrected chi connectivity index (χ3v) is 3.74. The second-order valence-electron chi connectivity index (χ2n) is 6.08. The Kier molecular flexibility index (Phi) is 5.49. The molecule has 1 aromatic heterocycles. The Morgan fingerprint density at radius 2 is 2.27 bits per heavy atom. The van der Waals surface area contributed by atoms with E-state index in [0.29, 0.717) is 25.8 Å². The number of rotatable bonds is 5. The van der Waals surface area contributed by atoms with Crippen molar-refractivity contribution >= 4 is 11.8 Å². The van der Waals surface area contributed by atoms with Crippen LogP contribution >= 0.6 is 0 Å². The summed E-state index contributed by atoms with van der Waals surface area (Å²) >= 11 is 0. The highest BCUT2D eigenvalue weighted by Gasteiger charge is 2.37. The van der Waals surface area contributed by atoms with Crippen LogP contribution in [0.25, 0.3) is 0 Å². The third-order valence-electron chi connectivity index (χ3n) is 3.74. The number of carbonyl (C=O) groups excluding carboxylic acids is 2. The summed E-state index contributed by atoms with van der Waals surface area (Å²) in [5.74, 6) is -0.140. The Bertz CT molecular complexity index is 518. The van der Waals surface area contributed by atoms with Crippen LogP contribution in [0.1, 0.15) is 32.3 Å². The molecule has 0 radical (unpaired) electrons. The number of amides is 2. The maximum atomic E-state index is 12.4. The van der Waals surface area contributed by atoms with Crippen molar-refractivity contribution < 1.29 is 9.59 Å². The minimum atomic E-state index is -0.446. The van der Waals surface area contributed by atoms with Crippen molar-refractivity contribution in [3.05, 3.63) is 30.1 Å². The largest absolute Gasteiger partial charge is 0.352 e. The fraction of sp³-hybridized carbons (Fsp3) is 0.562. The molecule has 0 saturated carbocycles. The van der Waals surface area contributed by atoms with Crippen LogP contribution in [0.15, 0.2) is 24.5 Å². The first kappa shape index (κ1) is 16.4. The summed E-state index contributed by atoms with van der Waals surface area (Å²) in [4.78, 5) is 30.3. The molecule has 1 saturated heterocycles. The van der Waals surface area contributed by atoms with Gasteiger partial charge in [0.25, 0.3) is 0 Å². The fourth-order valence-corrected chi connectivity index (χ4v) is 2.71. The molecule has 0 aliphatic carbocycles. The van der Waals surface area contributed by atoms with E-state index in [1.54, 1.807) is 17.3 Å². The van der Waals surface area contributed by atoms with Crippen molar-refractivity contribution in [2.75, 3.05) is 6.54 Å². The molecule has 2 amide bonds. The van der Waals surface area contributed by atoms with Crippen LogP contribution in [0.5, 0.6) is 0 Å². The van der Waals surface area contributed by atoms with E-state index in [2.05, 4.69) is 10.3 Å². The molecule has 0 unspecified atom stereocenters. The molecule has 6 nitrogen and oxygen atoms in total. The predicted octanol–water partition coefficient (Wildman–Crippen LogP) is 0.467. The van der Waals surface area contributed by atoms with Crippen molar-refractivity contribution in [2.45, 2.75) is 51.2 Å². The zero-order valence-electron chi connectivity index (χ0n) is 13.2. The lowest BCUT2D eigenvalue weighted by Gasteiger charge is -2.24. The van der Waals surface area contributed by atoms with Crippen LogP contribution in [0.2, 0.25) is 0 Å². The molecular formula is C16H24N4O2. The summed E-state index contributed by atoms with van der Waals surface area (Å²) in [6, 6.07) is 3.27. The molecule has 22 heavy (non-hydrogen) atoms. The zero-order valence-corrected chi connectivity index (χ0v) is 13.2. The Balaban J connectivity index is 1.95. The van der Waals surface area contributed by atoms with E-state index in [9.17, 15) is 9.59 Å². The van der Waals surface area contributed by atoms with Gasteiger partial charge in [-0.1, -0.05) is 6.07 Å². The first-order chi connectivity index (χ1) is 10.5. The van der Waals surface area contributed by atoms with Gasteiger partial charge in [0.2, 0.25) is 11.8 Å². The van der Waals surface area contributed by atoms with Crippen molar-refractivity contribution in [1.82, 2.24) is 15.2 Å². The Hall–Kier alpha value is -1.95.